The van der Waals surface area contributed by atoms with E-state index in [2.05, 4.69) is 4.98 Å². The molecule has 0 saturated heterocycles. The van der Waals surface area contributed by atoms with Crippen molar-refractivity contribution in [3.05, 3.63) is 35.7 Å². The first-order chi connectivity index (χ1) is 10.1. The summed E-state index contributed by atoms with van der Waals surface area (Å²) < 4.78 is 7.11. The zero-order chi connectivity index (χ0) is 15.0. The zero-order valence-electron chi connectivity index (χ0n) is 11.6. The molecule has 1 unspecified atom stereocenters. The third kappa shape index (κ3) is 2.27. The quantitative estimate of drug-likeness (QED) is 0.895. The molecule has 1 aromatic carbocycles. The summed E-state index contributed by atoms with van der Waals surface area (Å²) in [6.45, 7) is 0.350. The van der Waals surface area contributed by atoms with Gasteiger partial charge in [0.15, 0.2) is 5.69 Å². The van der Waals surface area contributed by atoms with Gasteiger partial charge in [0.25, 0.3) is 0 Å². The summed E-state index contributed by atoms with van der Waals surface area (Å²) in [5, 5.41) is 19.2. The summed E-state index contributed by atoms with van der Waals surface area (Å²) >= 11 is 0. The molecule has 2 heterocycles. The van der Waals surface area contributed by atoms with Gasteiger partial charge in [0, 0.05) is 0 Å². The molecule has 1 aromatic heterocycles. The summed E-state index contributed by atoms with van der Waals surface area (Å²) in [4.78, 5) is 15.7. The Morgan fingerprint density at radius 3 is 2.90 bits per heavy atom. The molecular formula is C15H16N2O4. The SMILES string of the molecule is COc1ccccc1-c1nc(C(=O)O)c2n1CC(O)CC2. The van der Waals surface area contributed by atoms with Gasteiger partial charge in [0.1, 0.15) is 11.6 Å². The van der Waals surface area contributed by atoms with Crippen LogP contribution >= 0.6 is 0 Å². The van der Waals surface area contributed by atoms with Crippen LogP contribution in [0.2, 0.25) is 0 Å². The Bertz CT molecular complexity index is 693. The maximum atomic E-state index is 11.4. The molecule has 0 bridgehead atoms. The standard InChI is InChI=1S/C15H16N2O4/c1-21-12-5-3-2-4-10(12)14-16-13(15(19)20)11-7-6-9(18)8-17(11)14/h2-5,9,18H,6-8H2,1H3,(H,19,20). The van der Waals surface area contributed by atoms with Gasteiger partial charge in [-0.2, -0.15) is 0 Å². The van der Waals surface area contributed by atoms with Crippen LogP contribution in [0.15, 0.2) is 24.3 Å². The number of carbonyl (C=O) groups is 1. The van der Waals surface area contributed by atoms with Crippen molar-refractivity contribution in [2.45, 2.75) is 25.5 Å². The van der Waals surface area contributed by atoms with Crippen LogP contribution in [0.5, 0.6) is 5.75 Å². The lowest BCUT2D eigenvalue weighted by atomic mass is 10.1. The van der Waals surface area contributed by atoms with Gasteiger partial charge in [-0.25, -0.2) is 9.78 Å². The second kappa shape index (κ2) is 5.21. The molecule has 1 atom stereocenters. The Balaban J connectivity index is 2.21. The first-order valence-electron chi connectivity index (χ1n) is 6.76. The third-order valence-corrected chi connectivity index (χ3v) is 3.73. The van der Waals surface area contributed by atoms with Crippen LogP contribution in [-0.4, -0.2) is 38.9 Å². The van der Waals surface area contributed by atoms with Crippen molar-refractivity contribution in [3.63, 3.8) is 0 Å². The van der Waals surface area contributed by atoms with Crippen molar-refractivity contribution in [3.8, 4) is 17.1 Å². The van der Waals surface area contributed by atoms with Gasteiger partial charge in [0.2, 0.25) is 0 Å². The molecule has 0 aliphatic carbocycles. The van der Waals surface area contributed by atoms with Gasteiger partial charge in [-0.3, -0.25) is 0 Å². The van der Waals surface area contributed by atoms with Crippen LogP contribution < -0.4 is 4.74 Å². The number of carboxylic acids is 1. The lowest BCUT2D eigenvalue weighted by Gasteiger charge is -2.22. The molecule has 21 heavy (non-hydrogen) atoms. The second-order valence-corrected chi connectivity index (χ2v) is 5.04. The van der Waals surface area contributed by atoms with Gasteiger partial charge < -0.3 is 19.5 Å². The highest BCUT2D eigenvalue weighted by Gasteiger charge is 2.28. The van der Waals surface area contributed by atoms with Crippen LogP contribution in [0.4, 0.5) is 0 Å². The van der Waals surface area contributed by atoms with E-state index in [9.17, 15) is 15.0 Å². The molecule has 0 amide bonds. The van der Waals surface area contributed by atoms with Gasteiger partial charge >= 0.3 is 5.97 Å². The highest BCUT2D eigenvalue weighted by atomic mass is 16.5. The number of carboxylic acid groups (broad SMARTS) is 1. The minimum atomic E-state index is -1.05. The van der Waals surface area contributed by atoms with E-state index >= 15 is 0 Å². The molecular weight excluding hydrogens is 272 g/mol. The lowest BCUT2D eigenvalue weighted by molar-refractivity contribution is 0.0686. The highest BCUT2D eigenvalue weighted by molar-refractivity contribution is 5.88. The van der Waals surface area contributed by atoms with E-state index in [0.717, 1.165) is 5.56 Å². The fourth-order valence-electron chi connectivity index (χ4n) is 2.75. The number of nitrogens with zero attached hydrogens (tertiary/aromatic N) is 2. The smallest absolute Gasteiger partial charge is 0.356 e. The molecule has 0 saturated carbocycles. The van der Waals surface area contributed by atoms with E-state index in [1.165, 1.54) is 0 Å². The number of aromatic nitrogens is 2. The summed E-state index contributed by atoms with van der Waals surface area (Å²) in [6, 6.07) is 7.33. The molecule has 1 aliphatic heterocycles. The average Bonchev–Trinajstić information content (AvgIpc) is 2.85. The summed E-state index contributed by atoms with van der Waals surface area (Å²) in [6.07, 6.45) is 0.573. The van der Waals surface area contributed by atoms with E-state index in [1.54, 1.807) is 17.7 Å². The number of ether oxygens (including phenoxy) is 1. The monoisotopic (exact) mass is 288 g/mol. The molecule has 6 heteroatoms. The number of aliphatic hydroxyl groups is 1. The number of hydrogen-bond donors (Lipinski definition) is 2. The molecule has 2 N–H and O–H groups in total. The summed E-state index contributed by atoms with van der Waals surface area (Å²) in [7, 11) is 1.56. The molecule has 6 nitrogen and oxygen atoms in total. The Kier molecular flexibility index (Phi) is 3.39. The van der Waals surface area contributed by atoms with Crippen LogP contribution in [-0.2, 0) is 13.0 Å². The fourth-order valence-corrected chi connectivity index (χ4v) is 2.75. The Hall–Kier alpha value is -2.34. The number of para-hydroxylation sites is 1. The van der Waals surface area contributed by atoms with Crippen molar-refractivity contribution in [2.24, 2.45) is 0 Å². The molecule has 0 spiro atoms. The average molecular weight is 288 g/mol. The lowest BCUT2D eigenvalue weighted by Crippen LogP contribution is -2.25. The van der Waals surface area contributed by atoms with Gasteiger partial charge in [-0.1, -0.05) is 12.1 Å². The van der Waals surface area contributed by atoms with E-state index < -0.39 is 12.1 Å². The van der Waals surface area contributed by atoms with Crippen molar-refractivity contribution in [2.75, 3.05) is 7.11 Å². The van der Waals surface area contributed by atoms with Gasteiger partial charge in [-0.15, -0.1) is 0 Å². The Labute approximate surface area is 121 Å². The van der Waals surface area contributed by atoms with Crippen LogP contribution in [0, 0.1) is 0 Å². The summed E-state index contributed by atoms with van der Waals surface area (Å²) in [5.41, 5.74) is 1.44. The Morgan fingerprint density at radius 2 is 2.19 bits per heavy atom. The number of imidazole rings is 1. The number of aliphatic hydroxyl groups excluding tert-OH is 1. The fraction of sp³-hybridized carbons (Fsp3) is 0.333. The van der Waals surface area contributed by atoms with Crippen LogP contribution in [0.25, 0.3) is 11.4 Å². The van der Waals surface area contributed by atoms with Crippen molar-refractivity contribution in [1.82, 2.24) is 9.55 Å². The van der Waals surface area contributed by atoms with E-state index in [4.69, 9.17) is 4.74 Å². The number of fused-ring (bicyclic) bond motifs is 1. The maximum Gasteiger partial charge on any atom is 0.356 e. The summed E-state index contributed by atoms with van der Waals surface area (Å²) in [5.74, 6) is 0.109. The molecule has 0 fully saturated rings. The normalized spacial score (nSPS) is 17.3. The van der Waals surface area contributed by atoms with Gasteiger partial charge in [-0.05, 0) is 25.0 Å². The van der Waals surface area contributed by atoms with Gasteiger partial charge in [0.05, 0.1) is 31.0 Å². The number of methoxy groups -OCH3 is 1. The minimum Gasteiger partial charge on any atom is -0.496 e. The number of aromatic carboxylic acids is 1. The second-order valence-electron chi connectivity index (χ2n) is 5.04. The molecule has 1 aliphatic rings. The van der Waals surface area contributed by atoms with Crippen molar-refractivity contribution < 1.29 is 19.7 Å². The largest absolute Gasteiger partial charge is 0.496 e. The molecule has 2 aromatic rings. The highest BCUT2D eigenvalue weighted by Crippen LogP contribution is 2.33. The molecule has 3 rings (SSSR count). The van der Waals surface area contributed by atoms with Crippen molar-refractivity contribution >= 4 is 5.97 Å². The topological polar surface area (TPSA) is 84.6 Å². The first-order valence-corrected chi connectivity index (χ1v) is 6.76. The van der Waals surface area contributed by atoms with Crippen LogP contribution in [0.1, 0.15) is 22.6 Å². The minimum absolute atomic E-state index is 0.0582. The number of rotatable bonds is 3. The van der Waals surface area contributed by atoms with E-state index in [0.29, 0.717) is 36.7 Å². The maximum absolute atomic E-state index is 11.4. The van der Waals surface area contributed by atoms with Crippen molar-refractivity contribution in [1.29, 1.82) is 0 Å². The predicted molar refractivity (Wildman–Crippen MR) is 75.5 cm³/mol. The third-order valence-electron chi connectivity index (χ3n) is 3.73. The zero-order valence-corrected chi connectivity index (χ0v) is 11.6. The first kappa shape index (κ1) is 13.6. The van der Waals surface area contributed by atoms with E-state index in [-0.39, 0.29) is 5.69 Å². The van der Waals surface area contributed by atoms with Crippen LogP contribution in [0.3, 0.4) is 0 Å². The molecule has 0 radical (unpaired) electrons. The Morgan fingerprint density at radius 1 is 1.43 bits per heavy atom. The molecule has 110 valence electrons. The number of hydrogen-bond acceptors (Lipinski definition) is 4. The number of benzene rings is 1. The van der Waals surface area contributed by atoms with E-state index in [1.807, 2.05) is 18.2 Å². The predicted octanol–water partition coefficient (Wildman–Crippen LogP) is 1.56.